The molecule has 0 unspecified atom stereocenters. The second-order valence-corrected chi connectivity index (χ2v) is 6.34. The van der Waals surface area contributed by atoms with Crippen LogP contribution in [0.25, 0.3) is 0 Å². The van der Waals surface area contributed by atoms with E-state index in [2.05, 4.69) is 20.9 Å². The van der Waals surface area contributed by atoms with Crippen LogP contribution in [0.3, 0.4) is 0 Å². The van der Waals surface area contributed by atoms with E-state index < -0.39 is 6.10 Å². The third-order valence-corrected chi connectivity index (χ3v) is 4.31. The first-order valence-corrected chi connectivity index (χ1v) is 8.73. The number of aromatic nitrogens is 1. The minimum atomic E-state index is -0.513. The lowest BCUT2D eigenvalue weighted by atomic mass is 10.2. The van der Waals surface area contributed by atoms with Gasteiger partial charge in [-0.3, -0.25) is 9.78 Å². The molecule has 3 amide bonds. The van der Waals surface area contributed by atoms with Crippen molar-refractivity contribution in [2.24, 2.45) is 0 Å². The standard InChI is InChI=1S/C19H23N5O3/c1-12-11-20-7-6-15(12)21-8-9-22-19(26)23-14-4-5-17-16(10-14)24(3)18(25)13(2)27-17/h4-7,10-11,13H,8-9H2,1-3H3,(H,20,21)(H2,22,23,26)/t13-/m1/s1. The van der Waals surface area contributed by atoms with Crippen molar-refractivity contribution in [3.63, 3.8) is 0 Å². The average Bonchev–Trinajstić information content (AvgIpc) is 2.65. The molecule has 3 rings (SSSR count). The van der Waals surface area contributed by atoms with Gasteiger partial charge in [-0.15, -0.1) is 0 Å². The molecular weight excluding hydrogens is 346 g/mol. The molecule has 8 heteroatoms. The van der Waals surface area contributed by atoms with E-state index in [1.807, 2.05) is 13.0 Å². The van der Waals surface area contributed by atoms with E-state index >= 15 is 0 Å². The molecule has 1 aliphatic heterocycles. The number of aryl methyl sites for hydroxylation is 1. The minimum Gasteiger partial charge on any atom is -0.479 e. The molecule has 0 saturated carbocycles. The van der Waals surface area contributed by atoms with Gasteiger partial charge in [0.25, 0.3) is 5.91 Å². The van der Waals surface area contributed by atoms with E-state index in [0.29, 0.717) is 30.2 Å². The molecule has 0 aliphatic carbocycles. The number of fused-ring (bicyclic) bond motifs is 1. The summed E-state index contributed by atoms with van der Waals surface area (Å²) in [6.45, 7) is 4.73. The van der Waals surface area contributed by atoms with Gasteiger partial charge in [0.15, 0.2) is 6.10 Å². The number of nitrogens with zero attached hydrogens (tertiary/aromatic N) is 2. The highest BCUT2D eigenvalue weighted by Gasteiger charge is 2.29. The first kappa shape index (κ1) is 18.5. The number of pyridine rings is 1. The van der Waals surface area contributed by atoms with E-state index in [-0.39, 0.29) is 11.9 Å². The highest BCUT2D eigenvalue weighted by Crippen LogP contribution is 2.35. The van der Waals surface area contributed by atoms with E-state index in [1.165, 1.54) is 4.90 Å². The van der Waals surface area contributed by atoms with Crippen LogP contribution in [-0.2, 0) is 4.79 Å². The predicted molar refractivity (Wildman–Crippen MR) is 104 cm³/mol. The largest absolute Gasteiger partial charge is 0.479 e. The molecule has 2 heterocycles. The van der Waals surface area contributed by atoms with E-state index in [9.17, 15) is 9.59 Å². The number of carbonyl (C=O) groups is 2. The Bertz CT molecular complexity index is 855. The smallest absolute Gasteiger partial charge is 0.319 e. The maximum absolute atomic E-state index is 12.1. The molecule has 0 bridgehead atoms. The number of amides is 3. The van der Waals surface area contributed by atoms with Gasteiger partial charge in [0.05, 0.1) is 5.69 Å². The molecular formula is C19H23N5O3. The first-order chi connectivity index (χ1) is 13.0. The summed E-state index contributed by atoms with van der Waals surface area (Å²) in [7, 11) is 1.69. The molecule has 0 spiro atoms. The molecule has 1 aliphatic rings. The molecule has 0 saturated heterocycles. The van der Waals surface area contributed by atoms with Crippen LogP contribution in [0.15, 0.2) is 36.7 Å². The van der Waals surface area contributed by atoms with Gasteiger partial charge >= 0.3 is 6.03 Å². The summed E-state index contributed by atoms with van der Waals surface area (Å²) in [4.78, 5) is 29.7. The van der Waals surface area contributed by atoms with Gasteiger partial charge in [0.1, 0.15) is 5.75 Å². The Hall–Kier alpha value is -3.29. The molecule has 0 radical (unpaired) electrons. The van der Waals surface area contributed by atoms with Crippen LogP contribution in [0.4, 0.5) is 21.9 Å². The number of nitrogens with one attached hydrogen (secondary N) is 3. The third-order valence-electron chi connectivity index (χ3n) is 4.31. The first-order valence-electron chi connectivity index (χ1n) is 8.73. The quantitative estimate of drug-likeness (QED) is 0.703. The number of hydrogen-bond donors (Lipinski definition) is 3. The van der Waals surface area contributed by atoms with Gasteiger partial charge in [-0.2, -0.15) is 0 Å². The Kier molecular flexibility index (Phi) is 5.44. The van der Waals surface area contributed by atoms with Gasteiger partial charge in [-0.25, -0.2) is 4.79 Å². The average molecular weight is 369 g/mol. The maximum atomic E-state index is 12.1. The van der Waals surface area contributed by atoms with Crippen molar-refractivity contribution >= 4 is 29.0 Å². The van der Waals surface area contributed by atoms with Crippen molar-refractivity contribution in [3.8, 4) is 5.75 Å². The molecule has 8 nitrogen and oxygen atoms in total. The minimum absolute atomic E-state index is 0.124. The molecule has 1 aromatic carbocycles. The second kappa shape index (κ2) is 7.94. The maximum Gasteiger partial charge on any atom is 0.319 e. The van der Waals surface area contributed by atoms with Crippen molar-refractivity contribution in [3.05, 3.63) is 42.2 Å². The Morgan fingerprint density at radius 3 is 2.89 bits per heavy atom. The number of likely N-dealkylation sites (N-methyl/N-ethyl adjacent to an activating group) is 1. The summed E-state index contributed by atoms with van der Waals surface area (Å²) in [5, 5.41) is 8.80. The van der Waals surface area contributed by atoms with E-state index in [1.54, 1.807) is 44.6 Å². The lowest BCUT2D eigenvalue weighted by molar-refractivity contribution is -0.125. The molecule has 0 fully saturated rings. The van der Waals surface area contributed by atoms with Crippen molar-refractivity contribution in [1.82, 2.24) is 10.3 Å². The zero-order valence-corrected chi connectivity index (χ0v) is 15.6. The van der Waals surface area contributed by atoms with Crippen LogP contribution in [0.5, 0.6) is 5.75 Å². The molecule has 1 atom stereocenters. The zero-order valence-electron chi connectivity index (χ0n) is 15.6. The summed E-state index contributed by atoms with van der Waals surface area (Å²) in [5.74, 6) is 0.495. The highest BCUT2D eigenvalue weighted by atomic mass is 16.5. The number of benzene rings is 1. The van der Waals surface area contributed by atoms with Crippen LogP contribution >= 0.6 is 0 Å². The molecule has 27 heavy (non-hydrogen) atoms. The van der Waals surface area contributed by atoms with Crippen molar-refractivity contribution in [1.29, 1.82) is 0 Å². The second-order valence-electron chi connectivity index (χ2n) is 6.34. The number of rotatable bonds is 5. The molecule has 142 valence electrons. The van der Waals surface area contributed by atoms with E-state index in [0.717, 1.165) is 11.3 Å². The number of carbonyl (C=O) groups excluding carboxylic acids is 2. The van der Waals surface area contributed by atoms with Crippen LogP contribution in [0.2, 0.25) is 0 Å². The Morgan fingerprint density at radius 2 is 2.11 bits per heavy atom. The molecule has 1 aromatic heterocycles. The van der Waals surface area contributed by atoms with Crippen molar-refractivity contribution < 1.29 is 14.3 Å². The number of hydrogen-bond acceptors (Lipinski definition) is 5. The molecule has 2 aromatic rings. The van der Waals surface area contributed by atoms with Crippen LogP contribution < -0.4 is 25.6 Å². The van der Waals surface area contributed by atoms with Crippen molar-refractivity contribution in [2.45, 2.75) is 20.0 Å². The summed E-state index contributed by atoms with van der Waals surface area (Å²) in [6.07, 6.45) is 2.99. The van der Waals surface area contributed by atoms with Crippen molar-refractivity contribution in [2.75, 3.05) is 35.7 Å². The fourth-order valence-electron chi connectivity index (χ4n) is 2.81. The fraction of sp³-hybridized carbons (Fsp3) is 0.316. The third kappa shape index (κ3) is 4.28. The zero-order chi connectivity index (χ0) is 19.4. The van der Waals surface area contributed by atoms with E-state index in [4.69, 9.17) is 4.74 Å². The van der Waals surface area contributed by atoms with Crippen LogP contribution in [-0.4, -0.2) is 43.2 Å². The monoisotopic (exact) mass is 369 g/mol. The number of anilines is 3. The highest BCUT2D eigenvalue weighted by molar-refractivity contribution is 6.00. The summed E-state index contributed by atoms with van der Waals surface area (Å²) in [6, 6.07) is 6.79. The summed E-state index contributed by atoms with van der Waals surface area (Å²) >= 11 is 0. The van der Waals surface area contributed by atoms with Gasteiger partial charge in [-0.05, 0) is 43.7 Å². The normalized spacial score (nSPS) is 15.6. The fourth-order valence-corrected chi connectivity index (χ4v) is 2.81. The SMILES string of the molecule is Cc1cnccc1NCCNC(=O)Nc1ccc2c(c1)N(C)C(=O)[C@@H](C)O2. The number of ether oxygens (including phenoxy) is 1. The predicted octanol–water partition coefficient (Wildman–Crippen LogP) is 2.37. The summed E-state index contributed by atoms with van der Waals surface area (Å²) < 4.78 is 5.57. The number of urea groups is 1. The lowest BCUT2D eigenvalue weighted by Crippen LogP contribution is -2.42. The van der Waals surface area contributed by atoms with Crippen LogP contribution in [0, 0.1) is 6.92 Å². The lowest BCUT2D eigenvalue weighted by Gasteiger charge is -2.30. The van der Waals surface area contributed by atoms with Gasteiger partial charge in [0, 0.05) is 43.9 Å². The van der Waals surface area contributed by atoms with Crippen LogP contribution in [0.1, 0.15) is 12.5 Å². The Balaban J connectivity index is 1.51. The Labute approximate surface area is 157 Å². The van der Waals surface area contributed by atoms with Gasteiger partial charge in [0.2, 0.25) is 0 Å². The summed E-state index contributed by atoms with van der Waals surface area (Å²) in [5.41, 5.74) is 3.25. The topological polar surface area (TPSA) is 95.6 Å². The molecule has 3 N–H and O–H groups in total. The Morgan fingerprint density at radius 1 is 1.30 bits per heavy atom. The van der Waals surface area contributed by atoms with Gasteiger partial charge in [-0.1, -0.05) is 0 Å². The van der Waals surface area contributed by atoms with Gasteiger partial charge < -0.3 is 25.6 Å².